The monoisotopic (exact) mass is 263 g/mol. The zero-order valence-electron chi connectivity index (χ0n) is 9.54. The molecule has 1 aromatic rings. The van der Waals surface area contributed by atoms with Gasteiger partial charge in [-0.1, -0.05) is 0 Å². The zero-order chi connectivity index (χ0) is 13.3. The summed E-state index contributed by atoms with van der Waals surface area (Å²) in [7, 11) is 0. The molecular formula is C11H13F4N3. The highest BCUT2D eigenvalue weighted by Gasteiger charge is 2.38. The fourth-order valence-corrected chi connectivity index (χ4v) is 2.18. The molecule has 1 unspecified atom stereocenters. The maximum atomic E-state index is 13.3. The van der Waals surface area contributed by atoms with Gasteiger partial charge in [-0.05, 0) is 12.8 Å². The number of rotatable bonds is 2. The Bertz CT molecular complexity index is 436. The van der Waals surface area contributed by atoms with Gasteiger partial charge >= 0.3 is 0 Å². The summed E-state index contributed by atoms with van der Waals surface area (Å²) in [4.78, 5) is 7.45. The van der Waals surface area contributed by atoms with Gasteiger partial charge < -0.3 is 5.73 Å². The van der Waals surface area contributed by atoms with Crippen molar-refractivity contribution >= 4 is 5.69 Å². The molecule has 100 valence electrons. The minimum Gasteiger partial charge on any atom is -0.396 e. The number of hydrogen-bond donors (Lipinski definition) is 1. The van der Waals surface area contributed by atoms with E-state index in [0.29, 0.717) is 12.8 Å². The molecule has 1 fully saturated rings. The molecule has 1 saturated carbocycles. The van der Waals surface area contributed by atoms with Gasteiger partial charge in [0.15, 0.2) is 0 Å². The first-order valence-electron chi connectivity index (χ1n) is 5.67. The third-order valence-electron chi connectivity index (χ3n) is 3.08. The highest BCUT2D eigenvalue weighted by Crippen LogP contribution is 2.41. The second-order valence-corrected chi connectivity index (χ2v) is 4.52. The number of hydrogen-bond acceptors (Lipinski definition) is 3. The Morgan fingerprint density at radius 3 is 2.72 bits per heavy atom. The van der Waals surface area contributed by atoms with Crippen molar-refractivity contribution in [2.24, 2.45) is 0 Å². The zero-order valence-corrected chi connectivity index (χ0v) is 9.54. The van der Waals surface area contributed by atoms with Crippen LogP contribution in [-0.2, 0) is 0 Å². The number of halogens is 4. The molecule has 0 amide bonds. The smallest absolute Gasteiger partial charge is 0.282 e. The number of aromatic nitrogens is 2. The van der Waals surface area contributed by atoms with Crippen LogP contribution in [0.15, 0.2) is 6.20 Å². The van der Waals surface area contributed by atoms with Crippen LogP contribution in [0, 0.1) is 0 Å². The standard InChI is InChI=1S/C11H13F4N3/c12-9(13)8-7(16)5-17-10(18-8)6-2-1-3-11(14,15)4-6/h5-6,9H,1-4,16H2. The molecule has 7 heteroatoms. The van der Waals surface area contributed by atoms with E-state index in [2.05, 4.69) is 9.97 Å². The van der Waals surface area contributed by atoms with Crippen LogP contribution in [-0.4, -0.2) is 15.9 Å². The van der Waals surface area contributed by atoms with E-state index in [-0.39, 0.29) is 24.4 Å². The van der Waals surface area contributed by atoms with Crippen LogP contribution in [0.4, 0.5) is 23.2 Å². The van der Waals surface area contributed by atoms with E-state index in [1.54, 1.807) is 0 Å². The minimum absolute atomic E-state index is 0.0406. The van der Waals surface area contributed by atoms with Gasteiger partial charge in [-0.3, -0.25) is 0 Å². The molecule has 1 heterocycles. The van der Waals surface area contributed by atoms with Crippen LogP contribution in [0.5, 0.6) is 0 Å². The van der Waals surface area contributed by atoms with E-state index < -0.39 is 24.0 Å². The van der Waals surface area contributed by atoms with Gasteiger partial charge in [-0.15, -0.1) is 0 Å². The number of anilines is 1. The predicted molar refractivity (Wildman–Crippen MR) is 57.6 cm³/mol. The Hall–Kier alpha value is -1.40. The topological polar surface area (TPSA) is 51.8 Å². The van der Waals surface area contributed by atoms with Crippen molar-refractivity contribution in [1.29, 1.82) is 0 Å². The Balaban J connectivity index is 2.25. The van der Waals surface area contributed by atoms with Gasteiger partial charge in [0, 0.05) is 18.8 Å². The van der Waals surface area contributed by atoms with Crippen LogP contribution >= 0.6 is 0 Å². The van der Waals surface area contributed by atoms with Gasteiger partial charge in [0.25, 0.3) is 6.43 Å². The van der Waals surface area contributed by atoms with Crippen molar-refractivity contribution < 1.29 is 17.6 Å². The second kappa shape index (κ2) is 4.70. The number of nitrogens with zero attached hydrogens (tertiary/aromatic N) is 2. The van der Waals surface area contributed by atoms with E-state index in [1.165, 1.54) is 0 Å². The SMILES string of the molecule is Nc1cnc(C2CCCC(F)(F)C2)nc1C(F)F. The lowest BCUT2D eigenvalue weighted by Gasteiger charge is -2.28. The van der Waals surface area contributed by atoms with E-state index in [4.69, 9.17) is 5.73 Å². The Morgan fingerprint density at radius 2 is 2.11 bits per heavy atom. The van der Waals surface area contributed by atoms with E-state index in [1.807, 2.05) is 0 Å². The molecule has 2 rings (SSSR count). The van der Waals surface area contributed by atoms with Crippen molar-refractivity contribution in [3.63, 3.8) is 0 Å². The summed E-state index contributed by atoms with van der Waals surface area (Å²) in [5.41, 5.74) is 4.53. The Labute approximate surface area is 101 Å². The molecule has 3 nitrogen and oxygen atoms in total. The van der Waals surface area contributed by atoms with Gasteiger partial charge in [-0.25, -0.2) is 27.5 Å². The highest BCUT2D eigenvalue weighted by atomic mass is 19.3. The summed E-state index contributed by atoms with van der Waals surface area (Å²) in [5, 5.41) is 0. The molecule has 1 aromatic heterocycles. The summed E-state index contributed by atoms with van der Waals surface area (Å²) < 4.78 is 51.7. The number of nitrogens with two attached hydrogens (primary N) is 1. The van der Waals surface area contributed by atoms with Crippen LogP contribution in [0.25, 0.3) is 0 Å². The molecular weight excluding hydrogens is 250 g/mol. The van der Waals surface area contributed by atoms with E-state index in [9.17, 15) is 17.6 Å². The van der Waals surface area contributed by atoms with Crippen LogP contribution < -0.4 is 5.73 Å². The molecule has 0 aliphatic heterocycles. The van der Waals surface area contributed by atoms with Gasteiger partial charge in [-0.2, -0.15) is 0 Å². The summed E-state index contributed by atoms with van der Waals surface area (Å²) in [5.74, 6) is -3.30. The first-order chi connectivity index (χ1) is 8.39. The number of alkyl halides is 4. The largest absolute Gasteiger partial charge is 0.396 e. The van der Waals surface area contributed by atoms with E-state index >= 15 is 0 Å². The average molecular weight is 263 g/mol. The molecule has 0 radical (unpaired) electrons. The highest BCUT2D eigenvalue weighted by molar-refractivity contribution is 5.41. The van der Waals surface area contributed by atoms with Crippen LogP contribution in [0.1, 0.15) is 49.5 Å². The molecule has 18 heavy (non-hydrogen) atoms. The van der Waals surface area contributed by atoms with Crippen molar-refractivity contribution in [3.05, 3.63) is 17.7 Å². The molecule has 2 N–H and O–H groups in total. The lowest BCUT2D eigenvalue weighted by atomic mass is 9.86. The maximum Gasteiger partial charge on any atom is 0.282 e. The Morgan fingerprint density at radius 1 is 1.39 bits per heavy atom. The minimum atomic E-state index is -2.82. The van der Waals surface area contributed by atoms with Crippen molar-refractivity contribution in [1.82, 2.24) is 9.97 Å². The summed E-state index contributed by atoms with van der Waals surface area (Å²) in [6.07, 6.45) is -1.48. The number of nitrogen functional groups attached to an aromatic ring is 1. The molecule has 0 aromatic carbocycles. The van der Waals surface area contributed by atoms with Crippen LogP contribution in [0.2, 0.25) is 0 Å². The molecule has 0 spiro atoms. The van der Waals surface area contributed by atoms with Crippen LogP contribution in [0.3, 0.4) is 0 Å². The lowest BCUT2D eigenvalue weighted by Crippen LogP contribution is -2.26. The second-order valence-electron chi connectivity index (χ2n) is 4.52. The first kappa shape index (κ1) is 13.0. The van der Waals surface area contributed by atoms with Crippen molar-refractivity contribution in [2.45, 2.75) is 43.9 Å². The average Bonchev–Trinajstić information content (AvgIpc) is 2.27. The molecule has 0 saturated heterocycles. The van der Waals surface area contributed by atoms with E-state index in [0.717, 1.165) is 6.20 Å². The fourth-order valence-electron chi connectivity index (χ4n) is 2.18. The summed E-state index contributed by atoms with van der Waals surface area (Å²) in [6, 6.07) is 0. The fraction of sp³-hybridized carbons (Fsp3) is 0.636. The van der Waals surface area contributed by atoms with Gasteiger partial charge in [0.1, 0.15) is 11.5 Å². The first-order valence-corrected chi connectivity index (χ1v) is 5.67. The van der Waals surface area contributed by atoms with Gasteiger partial charge in [0.05, 0.1) is 11.9 Å². The molecule has 0 bridgehead atoms. The molecule has 1 aliphatic rings. The Kier molecular flexibility index (Phi) is 3.41. The van der Waals surface area contributed by atoms with Gasteiger partial charge in [0.2, 0.25) is 5.92 Å². The third-order valence-corrected chi connectivity index (χ3v) is 3.08. The quantitative estimate of drug-likeness (QED) is 0.833. The van der Waals surface area contributed by atoms with Crippen molar-refractivity contribution in [3.8, 4) is 0 Å². The molecule has 1 aliphatic carbocycles. The normalized spacial score (nSPS) is 23.3. The van der Waals surface area contributed by atoms with Crippen molar-refractivity contribution in [2.75, 3.05) is 5.73 Å². The summed E-state index contributed by atoms with van der Waals surface area (Å²) >= 11 is 0. The maximum absolute atomic E-state index is 13.3. The molecule has 1 atom stereocenters. The predicted octanol–water partition coefficient (Wildman–Crippen LogP) is 3.29. The summed E-state index contributed by atoms with van der Waals surface area (Å²) in [6.45, 7) is 0. The third kappa shape index (κ3) is 2.70. The lowest BCUT2D eigenvalue weighted by molar-refractivity contribution is -0.0417.